The summed E-state index contributed by atoms with van der Waals surface area (Å²) in [6.07, 6.45) is 1.36. The van der Waals surface area contributed by atoms with Gasteiger partial charge in [-0.15, -0.1) is 0 Å². The molecule has 0 bridgehead atoms. The van der Waals surface area contributed by atoms with Crippen molar-refractivity contribution in [3.63, 3.8) is 0 Å². The summed E-state index contributed by atoms with van der Waals surface area (Å²) in [5.41, 5.74) is 0. The average Bonchev–Trinajstić information content (AvgIpc) is 2.32. The molecule has 0 aromatic carbocycles. The minimum Gasteiger partial charge on any atom is -0.481 e. The number of rotatable bonds is 5. The number of likely N-dealkylation sites (tertiary alicyclic amines) is 1. The van der Waals surface area contributed by atoms with Crippen LogP contribution in [0.25, 0.3) is 0 Å². The van der Waals surface area contributed by atoms with Crippen molar-refractivity contribution in [2.24, 2.45) is 5.92 Å². The Labute approximate surface area is 106 Å². The third-order valence-corrected chi connectivity index (χ3v) is 3.54. The van der Waals surface area contributed by atoms with E-state index in [4.69, 9.17) is 9.84 Å². The van der Waals surface area contributed by atoms with E-state index in [1.54, 1.807) is 0 Å². The zero-order chi connectivity index (χ0) is 13.0. The van der Waals surface area contributed by atoms with Gasteiger partial charge in [0.2, 0.25) is 5.91 Å². The van der Waals surface area contributed by atoms with Gasteiger partial charge in [0.1, 0.15) is 0 Å². The summed E-state index contributed by atoms with van der Waals surface area (Å²) in [5, 5.41) is 8.74. The van der Waals surface area contributed by atoms with E-state index in [2.05, 4.69) is 4.90 Å². The van der Waals surface area contributed by atoms with Crippen LogP contribution in [0.5, 0.6) is 0 Å². The van der Waals surface area contributed by atoms with Crippen LogP contribution in [0, 0.1) is 5.92 Å². The second kappa shape index (κ2) is 6.15. The Bertz CT molecular complexity index is 309. The quantitative estimate of drug-likeness (QED) is 0.727. The molecule has 2 saturated heterocycles. The van der Waals surface area contributed by atoms with Gasteiger partial charge in [0.05, 0.1) is 19.1 Å². The van der Waals surface area contributed by atoms with Crippen LogP contribution in [0.3, 0.4) is 0 Å². The first kappa shape index (κ1) is 13.3. The molecule has 2 heterocycles. The van der Waals surface area contributed by atoms with Gasteiger partial charge in [0, 0.05) is 32.6 Å². The van der Waals surface area contributed by atoms with E-state index in [0.717, 1.165) is 13.0 Å². The minimum atomic E-state index is -0.712. The van der Waals surface area contributed by atoms with E-state index in [1.807, 2.05) is 4.90 Å². The molecule has 2 rings (SSSR count). The fourth-order valence-electron chi connectivity index (χ4n) is 2.33. The Morgan fingerprint density at radius 1 is 1.22 bits per heavy atom. The molecule has 18 heavy (non-hydrogen) atoms. The number of ether oxygens (including phenoxy) is 1. The van der Waals surface area contributed by atoms with Crippen molar-refractivity contribution < 1.29 is 19.4 Å². The molecule has 2 aliphatic rings. The van der Waals surface area contributed by atoms with E-state index in [0.29, 0.717) is 45.8 Å². The molecule has 1 N–H and O–H groups in total. The highest BCUT2D eigenvalue weighted by Gasteiger charge is 2.31. The van der Waals surface area contributed by atoms with Crippen LogP contribution in [0.4, 0.5) is 0 Å². The highest BCUT2D eigenvalue weighted by molar-refractivity contribution is 5.76. The predicted molar refractivity (Wildman–Crippen MR) is 64.2 cm³/mol. The van der Waals surface area contributed by atoms with Gasteiger partial charge in [0.25, 0.3) is 0 Å². The molecule has 0 atom stereocenters. The number of hydrogen-bond acceptors (Lipinski definition) is 4. The second-order valence-electron chi connectivity index (χ2n) is 4.89. The molecular formula is C12H20N2O4. The lowest BCUT2D eigenvalue weighted by Gasteiger charge is -2.36. The lowest BCUT2D eigenvalue weighted by Crippen LogP contribution is -2.50. The van der Waals surface area contributed by atoms with Crippen molar-refractivity contribution in [2.45, 2.75) is 12.8 Å². The maximum atomic E-state index is 11.8. The first-order valence-electron chi connectivity index (χ1n) is 6.47. The zero-order valence-electron chi connectivity index (χ0n) is 10.5. The summed E-state index contributed by atoms with van der Waals surface area (Å²) in [5.74, 6) is -0.732. The molecule has 2 fully saturated rings. The first-order valence-corrected chi connectivity index (χ1v) is 6.47. The Kier molecular flexibility index (Phi) is 4.54. The third-order valence-electron chi connectivity index (χ3n) is 3.54. The van der Waals surface area contributed by atoms with Crippen molar-refractivity contribution in [3.05, 3.63) is 0 Å². The van der Waals surface area contributed by atoms with Gasteiger partial charge in [-0.2, -0.15) is 0 Å². The van der Waals surface area contributed by atoms with E-state index in [1.165, 1.54) is 0 Å². The Morgan fingerprint density at radius 3 is 2.50 bits per heavy atom. The highest BCUT2D eigenvalue weighted by Crippen LogP contribution is 2.16. The number of aliphatic carboxylic acids is 1. The van der Waals surface area contributed by atoms with E-state index >= 15 is 0 Å². The molecule has 0 unspecified atom stereocenters. The molecule has 6 nitrogen and oxygen atoms in total. The largest absolute Gasteiger partial charge is 0.481 e. The smallest absolute Gasteiger partial charge is 0.309 e. The van der Waals surface area contributed by atoms with Crippen LogP contribution >= 0.6 is 0 Å². The van der Waals surface area contributed by atoms with E-state index < -0.39 is 5.97 Å². The van der Waals surface area contributed by atoms with Crippen LogP contribution in [0.1, 0.15) is 12.8 Å². The number of nitrogens with zero attached hydrogens (tertiary/aromatic N) is 2. The fourth-order valence-corrected chi connectivity index (χ4v) is 2.33. The normalized spacial score (nSPS) is 21.7. The molecule has 0 spiro atoms. The average molecular weight is 256 g/mol. The van der Waals surface area contributed by atoms with Crippen LogP contribution < -0.4 is 0 Å². The van der Waals surface area contributed by atoms with Gasteiger partial charge >= 0.3 is 5.97 Å². The summed E-state index contributed by atoms with van der Waals surface area (Å²) >= 11 is 0. The molecule has 1 amide bonds. The number of carbonyl (C=O) groups excluding carboxylic acids is 1. The van der Waals surface area contributed by atoms with Crippen molar-refractivity contribution in [1.29, 1.82) is 0 Å². The summed E-state index contributed by atoms with van der Waals surface area (Å²) in [4.78, 5) is 26.4. The van der Waals surface area contributed by atoms with Crippen molar-refractivity contribution in [2.75, 3.05) is 45.9 Å². The number of amides is 1. The fraction of sp³-hybridized carbons (Fsp3) is 0.833. The molecule has 0 aromatic heterocycles. The first-order chi connectivity index (χ1) is 8.66. The van der Waals surface area contributed by atoms with Crippen LogP contribution in [0.15, 0.2) is 0 Å². The van der Waals surface area contributed by atoms with Crippen LogP contribution in [0.2, 0.25) is 0 Å². The molecule has 0 saturated carbocycles. The van der Waals surface area contributed by atoms with Gasteiger partial charge in [-0.1, -0.05) is 0 Å². The monoisotopic (exact) mass is 256 g/mol. The standard InChI is InChI=1S/C12H20N2O4/c15-11(14-4-6-18-7-5-14)2-1-3-13-8-10(9-13)12(16)17/h10H,1-9H2,(H,16,17). The number of carboxylic acid groups (broad SMARTS) is 1. The van der Waals surface area contributed by atoms with Crippen LogP contribution in [-0.4, -0.2) is 72.7 Å². The molecule has 0 radical (unpaired) electrons. The summed E-state index contributed by atoms with van der Waals surface area (Å²) < 4.78 is 5.20. The Hall–Kier alpha value is -1.14. The second-order valence-corrected chi connectivity index (χ2v) is 4.89. The molecule has 0 aromatic rings. The van der Waals surface area contributed by atoms with Crippen molar-refractivity contribution in [1.82, 2.24) is 9.80 Å². The number of carboxylic acids is 1. The lowest BCUT2D eigenvalue weighted by atomic mass is 10.0. The number of hydrogen-bond donors (Lipinski definition) is 1. The third kappa shape index (κ3) is 3.43. The number of carbonyl (C=O) groups is 2. The summed E-state index contributed by atoms with van der Waals surface area (Å²) in [6.45, 7) is 4.74. The Morgan fingerprint density at radius 2 is 1.89 bits per heavy atom. The predicted octanol–water partition coefficient (Wildman–Crippen LogP) is -0.358. The minimum absolute atomic E-state index is 0.189. The maximum absolute atomic E-state index is 11.8. The molecule has 0 aliphatic carbocycles. The van der Waals surface area contributed by atoms with Crippen LogP contribution in [-0.2, 0) is 14.3 Å². The lowest BCUT2D eigenvalue weighted by molar-refractivity contribution is -0.147. The van der Waals surface area contributed by atoms with E-state index in [-0.39, 0.29) is 11.8 Å². The van der Waals surface area contributed by atoms with Gasteiger partial charge in [0.15, 0.2) is 0 Å². The summed E-state index contributed by atoms with van der Waals surface area (Å²) in [7, 11) is 0. The topological polar surface area (TPSA) is 70.1 Å². The Balaban J connectivity index is 1.56. The SMILES string of the molecule is O=C(O)C1CN(CCCC(=O)N2CCOCC2)C1. The molecular weight excluding hydrogens is 236 g/mol. The zero-order valence-corrected chi connectivity index (χ0v) is 10.5. The maximum Gasteiger partial charge on any atom is 0.309 e. The highest BCUT2D eigenvalue weighted by atomic mass is 16.5. The van der Waals surface area contributed by atoms with Gasteiger partial charge in [-0.05, 0) is 13.0 Å². The van der Waals surface area contributed by atoms with Gasteiger partial charge < -0.3 is 19.6 Å². The molecule has 102 valence electrons. The molecule has 6 heteroatoms. The molecule has 2 aliphatic heterocycles. The number of morpholine rings is 1. The van der Waals surface area contributed by atoms with Crippen molar-refractivity contribution in [3.8, 4) is 0 Å². The van der Waals surface area contributed by atoms with Crippen molar-refractivity contribution >= 4 is 11.9 Å². The van der Waals surface area contributed by atoms with Gasteiger partial charge in [-0.25, -0.2) is 0 Å². The summed E-state index contributed by atoms with van der Waals surface area (Å²) in [6, 6.07) is 0. The van der Waals surface area contributed by atoms with Gasteiger partial charge in [-0.3, -0.25) is 9.59 Å². The van der Waals surface area contributed by atoms with E-state index in [9.17, 15) is 9.59 Å².